The Morgan fingerprint density at radius 3 is 2.37 bits per heavy atom. The maximum atomic E-state index is 11.6. The molecule has 1 N–H and O–H groups in total. The maximum Gasteiger partial charge on any atom is 0.341 e. The van der Waals surface area contributed by atoms with Gasteiger partial charge in [-0.15, -0.1) is 0 Å². The average Bonchev–Trinajstić information content (AvgIpc) is 2.36. The van der Waals surface area contributed by atoms with Gasteiger partial charge in [0.15, 0.2) is 6.61 Å². The first-order valence-corrected chi connectivity index (χ1v) is 6.25. The van der Waals surface area contributed by atoms with Crippen LogP contribution in [0.3, 0.4) is 0 Å². The van der Waals surface area contributed by atoms with E-state index < -0.39 is 24.5 Å². The molecule has 6 nitrogen and oxygen atoms in total. The predicted octanol–water partition coefficient (Wildman–Crippen LogP) is 1.44. The standard InChI is InChI=1S/C13H18O6/c1-9(13(17)18-8-11(14)15)7-12(16)19-10-5-3-2-4-6-10/h10H,1-8H2,(H,14,15). The molecule has 0 aromatic carbocycles. The van der Waals surface area contributed by atoms with E-state index in [9.17, 15) is 14.4 Å². The lowest BCUT2D eigenvalue weighted by molar-refractivity contribution is -0.154. The smallest absolute Gasteiger partial charge is 0.341 e. The van der Waals surface area contributed by atoms with Gasteiger partial charge in [-0.2, -0.15) is 0 Å². The fraction of sp³-hybridized carbons (Fsp3) is 0.615. The van der Waals surface area contributed by atoms with Gasteiger partial charge in [0, 0.05) is 5.57 Å². The third-order valence-corrected chi connectivity index (χ3v) is 2.82. The summed E-state index contributed by atoms with van der Waals surface area (Å²) in [5.74, 6) is -2.67. The minimum Gasteiger partial charge on any atom is -0.479 e. The highest BCUT2D eigenvalue weighted by Crippen LogP contribution is 2.21. The van der Waals surface area contributed by atoms with Crippen molar-refractivity contribution in [2.24, 2.45) is 0 Å². The molecule has 0 saturated heterocycles. The maximum absolute atomic E-state index is 11.6. The second-order valence-electron chi connectivity index (χ2n) is 4.50. The summed E-state index contributed by atoms with van der Waals surface area (Å²) in [5, 5.41) is 8.34. The van der Waals surface area contributed by atoms with Crippen molar-refractivity contribution in [3.05, 3.63) is 12.2 Å². The number of rotatable bonds is 6. The second kappa shape index (κ2) is 7.56. The van der Waals surface area contributed by atoms with Gasteiger partial charge in [0.25, 0.3) is 0 Å². The molecule has 1 aliphatic carbocycles. The Bertz CT molecular complexity index is 367. The molecule has 0 bridgehead atoms. The Hall–Kier alpha value is -1.85. The van der Waals surface area contributed by atoms with Gasteiger partial charge in [0.2, 0.25) is 0 Å². The predicted molar refractivity (Wildman–Crippen MR) is 65.3 cm³/mol. The molecule has 1 rings (SSSR count). The molecule has 0 atom stereocenters. The van der Waals surface area contributed by atoms with Crippen molar-refractivity contribution in [1.82, 2.24) is 0 Å². The zero-order chi connectivity index (χ0) is 14.3. The second-order valence-corrected chi connectivity index (χ2v) is 4.50. The SMILES string of the molecule is C=C(CC(=O)OC1CCCCC1)C(=O)OCC(=O)O. The highest BCUT2D eigenvalue weighted by Gasteiger charge is 2.20. The molecule has 0 spiro atoms. The Morgan fingerprint density at radius 1 is 1.16 bits per heavy atom. The quantitative estimate of drug-likeness (QED) is 0.580. The molecule has 19 heavy (non-hydrogen) atoms. The van der Waals surface area contributed by atoms with Gasteiger partial charge in [0.05, 0.1) is 6.42 Å². The lowest BCUT2D eigenvalue weighted by atomic mass is 9.98. The van der Waals surface area contributed by atoms with E-state index in [2.05, 4.69) is 11.3 Å². The van der Waals surface area contributed by atoms with Crippen LogP contribution in [0.2, 0.25) is 0 Å². The molecule has 0 radical (unpaired) electrons. The summed E-state index contributed by atoms with van der Waals surface area (Å²) >= 11 is 0. The number of ether oxygens (including phenoxy) is 2. The molecule has 1 saturated carbocycles. The van der Waals surface area contributed by atoms with Gasteiger partial charge in [-0.1, -0.05) is 13.0 Å². The van der Waals surface area contributed by atoms with Crippen molar-refractivity contribution in [3.63, 3.8) is 0 Å². The number of hydrogen-bond donors (Lipinski definition) is 1. The molecule has 0 heterocycles. The number of esters is 2. The van der Waals surface area contributed by atoms with Crippen LogP contribution in [0.25, 0.3) is 0 Å². The molecule has 1 aliphatic rings. The minimum absolute atomic E-state index is 0.0795. The molecule has 0 amide bonds. The highest BCUT2D eigenvalue weighted by molar-refractivity contribution is 5.94. The molecule has 0 aromatic rings. The Labute approximate surface area is 111 Å². The summed E-state index contributed by atoms with van der Waals surface area (Å²) in [6, 6.07) is 0. The lowest BCUT2D eigenvalue weighted by Crippen LogP contribution is -2.22. The van der Waals surface area contributed by atoms with Crippen LogP contribution >= 0.6 is 0 Å². The number of carbonyl (C=O) groups excluding carboxylic acids is 2. The lowest BCUT2D eigenvalue weighted by Gasteiger charge is -2.21. The molecule has 1 fully saturated rings. The molecular weight excluding hydrogens is 252 g/mol. The van der Waals surface area contributed by atoms with Crippen molar-refractivity contribution in [2.75, 3.05) is 6.61 Å². The first-order valence-electron chi connectivity index (χ1n) is 6.25. The zero-order valence-electron chi connectivity index (χ0n) is 10.7. The third kappa shape index (κ3) is 6.03. The Kier molecular flexibility index (Phi) is 6.05. The van der Waals surface area contributed by atoms with Gasteiger partial charge < -0.3 is 14.6 Å². The van der Waals surface area contributed by atoms with E-state index in [4.69, 9.17) is 9.84 Å². The number of aliphatic carboxylic acids is 1. The normalized spacial score (nSPS) is 15.6. The van der Waals surface area contributed by atoms with Crippen LogP contribution in [-0.2, 0) is 23.9 Å². The molecule has 6 heteroatoms. The van der Waals surface area contributed by atoms with E-state index in [-0.39, 0.29) is 18.1 Å². The fourth-order valence-corrected chi connectivity index (χ4v) is 1.89. The van der Waals surface area contributed by atoms with Crippen molar-refractivity contribution in [3.8, 4) is 0 Å². The van der Waals surface area contributed by atoms with Crippen molar-refractivity contribution in [1.29, 1.82) is 0 Å². The van der Waals surface area contributed by atoms with Crippen LogP contribution in [-0.4, -0.2) is 35.7 Å². The summed E-state index contributed by atoms with van der Waals surface area (Å²) in [5.41, 5.74) is -0.0953. The largest absolute Gasteiger partial charge is 0.479 e. The highest BCUT2D eigenvalue weighted by atomic mass is 16.6. The summed E-state index contributed by atoms with van der Waals surface area (Å²) < 4.78 is 9.62. The van der Waals surface area contributed by atoms with Gasteiger partial charge in [0.1, 0.15) is 6.10 Å². The first kappa shape index (κ1) is 15.2. The first-order chi connectivity index (χ1) is 8.99. The fourth-order valence-electron chi connectivity index (χ4n) is 1.89. The van der Waals surface area contributed by atoms with Crippen molar-refractivity contribution in [2.45, 2.75) is 44.6 Å². The molecule has 106 valence electrons. The third-order valence-electron chi connectivity index (χ3n) is 2.82. The number of hydrogen-bond acceptors (Lipinski definition) is 5. The van der Waals surface area contributed by atoms with Gasteiger partial charge in [-0.25, -0.2) is 9.59 Å². The van der Waals surface area contributed by atoms with Crippen LogP contribution in [0, 0.1) is 0 Å². The Balaban J connectivity index is 2.28. The molecule has 0 aromatic heterocycles. The number of carboxylic acids is 1. The van der Waals surface area contributed by atoms with Crippen LogP contribution in [0.5, 0.6) is 0 Å². The van der Waals surface area contributed by atoms with Gasteiger partial charge in [-0.05, 0) is 25.7 Å². The summed E-state index contributed by atoms with van der Waals surface area (Å²) in [4.78, 5) is 33.1. The Morgan fingerprint density at radius 2 is 1.79 bits per heavy atom. The monoisotopic (exact) mass is 270 g/mol. The van der Waals surface area contributed by atoms with E-state index in [1.54, 1.807) is 0 Å². The van der Waals surface area contributed by atoms with Crippen LogP contribution in [0.15, 0.2) is 12.2 Å². The van der Waals surface area contributed by atoms with Crippen LogP contribution in [0.1, 0.15) is 38.5 Å². The van der Waals surface area contributed by atoms with E-state index in [1.165, 1.54) is 0 Å². The van der Waals surface area contributed by atoms with Crippen LogP contribution < -0.4 is 0 Å². The van der Waals surface area contributed by atoms with E-state index >= 15 is 0 Å². The molecule has 0 aliphatic heterocycles. The summed E-state index contributed by atoms with van der Waals surface area (Å²) in [6.07, 6.45) is 4.59. The van der Waals surface area contributed by atoms with Gasteiger partial charge >= 0.3 is 17.9 Å². The average molecular weight is 270 g/mol. The van der Waals surface area contributed by atoms with Crippen molar-refractivity contribution >= 4 is 17.9 Å². The minimum atomic E-state index is -1.26. The van der Waals surface area contributed by atoms with Gasteiger partial charge in [-0.3, -0.25) is 4.79 Å². The topological polar surface area (TPSA) is 89.9 Å². The van der Waals surface area contributed by atoms with Crippen molar-refractivity contribution < 1.29 is 29.0 Å². The van der Waals surface area contributed by atoms with E-state index in [0.717, 1.165) is 32.1 Å². The van der Waals surface area contributed by atoms with E-state index in [0.29, 0.717) is 0 Å². The summed E-state index contributed by atoms with van der Waals surface area (Å²) in [6.45, 7) is 2.66. The molecular formula is C13H18O6. The summed E-state index contributed by atoms with van der Waals surface area (Å²) in [7, 11) is 0. The zero-order valence-corrected chi connectivity index (χ0v) is 10.7. The van der Waals surface area contributed by atoms with E-state index in [1.807, 2.05) is 0 Å². The van der Waals surface area contributed by atoms with Crippen LogP contribution in [0.4, 0.5) is 0 Å². The number of carbonyl (C=O) groups is 3. The number of carboxylic acid groups (broad SMARTS) is 1. The molecule has 0 unspecified atom stereocenters.